The smallest absolute Gasteiger partial charge is 0.271 e. The van der Waals surface area contributed by atoms with Gasteiger partial charge in [-0.25, -0.2) is 9.13 Å². The molecule has 3 N–H and O–H groups in total. The fraction of sp³-hybridized carbons (Fsp3) is 0.500. The number of aromatic nitrogens is 3. The van der Waals surface area contributed by atoms with E-state index in [0.29, 0.717) is 30.5 Å². The molecule has 35 heavy (non-hydrogen) atoms. The molecule has 0 bridgehead atoms. The van der Waals surface area contributed by atoms with Crippen LogP contribution in [0.15, 0.2) is 36.5 Å². The van der Waals surface area contributed by atoms with Crippen molar-refractivity contribution in [1.29, 1.82) is 0 Å². The second-order valence-corrected chi connectivity index (χ2v) is 8.85. The number of rotatable bonds is 10. The fourth-order valence-electron chi connectivity index (χ4n) is 4.77. The lowest BCUT2D eigenvalue weighted by atomic mass is 10.0. The zero-order chi connectivity index (χ0) is 24.8. The van der Waals surface area contributed by atoms with Gasteiger partial charge in [0.15, 0.2) is 17.6 Å². The van der Waals surface area contributed by atoms with Crippen molar-refractivity contribution in [3.05, 3.63) is 48.0 Å². The molecule has 1 aromatic carbocycles. The number of likely N-dealkylation sites (N-methyl/N-ethyl adjacent to an activating group) is 1. The summed E-state index contributed by atoms with van der Waals surface area (Å²) in [6, 6.07) is 9.19. The molecule has 0 saturated carbocycles. The van der Waals surface area contributed by atoms with Gasteiger partial charge in [0, 0.05) is 37.9 Å². The van der Waals surface area contributed by atoms with Gasteiger partial charge in [0.1, 0.15) is 17.2 Å². The predicted molar refractivity (Wildman–Crippen MR) is 132 cm³/mol. The number of imidazole rings is 1. The second kappa shape index (κ2) is 11.5. The first-order chi connectivity index (χ1) is 17.0. The monoisotopic (exact) mass is 482 g/mol. The molecule has 3 aromatic rings. The van der Waals surface area contributed by atoms with E-state index in [2.05, 4.69) is 27.1 Å². The van der Waals surface area contributed by atoms with E-state index in [9.17, 15) is 9.90 Å². The third kappa shape index (κ3) is 5.57. The molecule has 188 valence electrons. The van der Waals surface area contributed by atoms with Crippen LogP contribution in [0.25, 0.3) is 11.0 Å². The van der Waals surface area contributed by atoms with Crippen LogP contribution in [-0.4, -0.2) is 51.8 Å². The quantitative estimate of drug-likeness (QED) is 0.430. The van der Waals surface area contributed by atoms with Crippen LogP contribution in [0.3, 0.4) is 0 Å². The average Bonchev–Trinajstić information content (AvgIpc) is 3.18. The van der Waals surface area contributed by atoms with Gasteiger partial charge in [-0.15, -0.1) is 0 Å². The van der Waals surface area contributed by atoms with Crippen molar-refractivity contribution in [2.24, 2.45) is 11.7 Å². The summed E-state index contributed by atoms with van der Waals surface area (Å²) in [5, 5.41) is 9.99. The highest BCUT2D eigenvalue weighted by Crippen LogP contribution is 2.24. The molecule has 1 aliphatic rings. The lowest BCUT2D eigenvalue weighted by Gasteiger charge is -2.21. The molecule has 0 unspecified atom stereocenters. The second-order valence-electron chi connectivity index (χ2n) is 8.85. The summed E-state index contributed by atoms with van der Waals surface area (Å²) < 4.78 is 16.0. The Morgan fingerprint density at radius 1 is 1.31 bits per heavy atom. The average molecular weight is 483 g/mol. The summed E-state index contributed by atoms with van der Waals surface area (Å²) in [4.78, 5) is 18.6. The van der Waals surface area contributed by atoms with Crippen LogP contribution >= 0.6 is 0 Å². The van der Waals surface area contributed by atoms with Crippen LogP contribution in [0.2, 0.25) is 0 Å². The Labute approximate surface area is 206 Å². The third-order valence-electron chi connectivity index (χ3n) is 6.74. The molecule has 1 amide bonds. The summed E-state index contributed by atoms with van der Waals surface area (Å²) >= 11 is 0. The maximum Gasteiger partial charge on any atom is 0.271 e. The van der Waals surface area contributed by atoms with Crippen LogP contribution in [0.4, 0.5) is 0 Å². The fourth-order valence-corrected chi connectivity index (χ4v) is 4.77. The van der Waals surface area contributed by atoms with Crippen LogP contribution in [0.5, 0.6) is 11.5 Å². The summed E-state index contributed by atoms with van der Waals surface area (Å²) in [5.74, 6) is 2.21. The Balaban J connectivity index is 1.50. The number of fused-ring (bicyclic) bond motifs is 1. The van der Waals surface area contributed by atoms with Crippen LogP contribution in [0, 0.1) is 5.92 Å². The Morgan fingerprint density at radius 3 is 2.80 bits per heavy atom. The Bertz CT molecular complexity index is 1160. The number of hydrogen-bond acceptors (Lipinski definition) is 6. The number of pyridine rings is 1. The summed E-state index contributed by atoms with van der Waals surface area (Å²) in [6.45, 7) is 8.43. The van der Waals surface area contributed by atoms with Gasteiger partial charge in [-0.05, 0) is 51.0 Å². The van der Waals surface area contributed by atoms with Crippen molar-refractivity contribution in [3.8, 4) is 11.5 Å². The van der Waals surface area contributed by atoms with E-state index in [1.807, 2.05) is 19.1 Å². The van der Waals surface area contributed by atoms with Gasteiger partial charge in [0.2, 0.25) is 0 Å². The number of carbonyl (C=O) groups is 1. The Kier molecular flexibility index (Phi) is 8.20. The third-order valence-corrected chi connectivity index (χ3v) is 6.74. The molecule has 0 spiro atoms. The predicted octanol–water partition coefficient (Wildman–Crippen LogP) is 2.36. The number of nitrogens with two attached hydrogens (primary N) is 1. The Hall–Kier alpha value is -3.17. The molecule has 2 aromatic heterocycles. The van der Waals surface area contributed by atoms with Gasteiger partial charge in [-0.2, -0.15) is 0 Å². The number of benzene rings is 1. The minimum Gasteiger partial charge on any atom is -0.506 e. The van der Waals surface area contributed by atoms with E-state index in [0.717, 1.165) is 56.0 Å². The first kappa shape index (κ1) is 24.9. The van der Waals surface area contributed by atoms with Crippen molar-refractivity contribution in [2.75, 3.05) is 26.4 Å². The zero-order valence-corrected chi connectivity index (χ0v) is 20.7. The Morgan fingerprint density at radius 2 is 2.11 bits per heavy atom. The van der Waals surface area contributed by atoms with E-state index in [4.69, 9.17) is 15.2 Å². The molecule has 0 atom stereocenters. The standard InChI is InChI=1S/C26H35N5O4/c1-3-29(17-21-24(32)6-5-11-28-21)26(33)18-35-20-7-8-22-23(14-20)30(4-2)25(15-27)31(22)16-19-9-12-34-13-10-19/h5-8,11,14,19H,3-4,9-10,12-13,15-18,27H2,1-2H3/p+1. The maximum atomic E-state index is 12.8. The van der Waals surface area contributed by atoms with Crippen LogP contribution < -0.4 is 15.0 Å². The molecule has 0 aliphatic carbocycles. The molecule has 1 saturated heterocycles. The van der Waals surface area contributed by atoms with Crippen molar-refractivity contribution >= 4 is 16.9 Å². The van der Waals surface area contributed by atoms with Crippen molar-refractivity contribution in [3.63, 3.8) is 0 Å². The van der Waals surface area contributed by atoms with Crippen molar-refractivity contribution in [1.82, 2.24) is 14.5 Å². The number of aromatic hydroxyl groups is 1. The van der Waals surface area contributed by atoms with E-state index < -0.39 is 0 Å². The molecule has 0 radical (unpaired) electrons. The number of ether oxygens (including phenoxy) is 2. The van der Waals surface area contributed by atoms with Gasteiger partial charge in [-0.3, -0.25) is 9.78 Å². The topological polar surface area (TPSA) is 107 Å². The molecule has 1 fully saturated rings. The molecule has 3 heterocycles. The number of amides is 1. The number of nitrogens with zero attached hydrogens (tertiary/aromatic N) is 4. The number of aryl methyl sites for hydroxylation is 1. The first-order valence-electron chi connectivity index (χ1n) is 12.4. The van der Waals surface area contributed by atoms with Crippen molar-refractivity contribution < 1.29 is 23.9 Å². The van der Waals surface area contributed by atoms with Gasteiger partial charge in [0.25, 0.3) is 11.7 Å². The summed E-state index contributed by atoms with van der Waals surface area (Å²) in [5.41, 5.74) is 8.83. The van der Waals surface area contributed by atoms with E-state index in [1.54, 1.807) is 23.2 Å². The molecular formula is C26H36N5O4+. The minimum absolute atomic E-state index is 0.0789. The molecule has 9 nitrogen and oxygen atoms in total. The van der Waals surface area contributed by atoms with Gasteiger partial charge in [-0.1, -0.05) is 0 Å². The lowest BCUT2D eigenvalue weighted by molar-refractivity contribution is -0.687. The normalized spacial score (nSPS) is 14.4. The highest BCUT2D eigenvalue weighted by atomic mass is 16.5. The lowest BCUT2D eigenvalue weighted by Crippen LogP contribution is -2.43. The highest BCUT2D eigenvalue weighted by molar-refractivity contribution is 5.78. The number of carbonyl (C=O) groups excluding carboxylic acids is 1. The van der Waals surface area contributed by atoms with Gasteiger partial charge >= 0.3 is 0 Å². The molecular weight excluding hydrogens is 446 g/mol. The number of hydrogen-bond donors (Lipinski definition) is 2. The minimum atomic E-state index is -0.166. The highest BCUT2D eigenvalue weighted by Gasteiger charge is 2.27. The molecule has 9 heteroatoms. The summed E-state index contributed by atoms with van der Waals surface area (Å²) in [6.07, 6.45) is 3.72. The van der Waals surface area contributed by atoms with Gasteiger partial charge in [0.05, 0.1) is 26.2 Å². The van der Waals surface area contributed by atoms with Gasteiger partial charge < -0.3 is 25.2 Å². The first-order valence-corrected chi connectivity index (χ1v) is 12.4. The van der Waals surface area contributed by atoms with E-state index in [1.165, 1.54) is 0 Å². The zero-order valence-electron chi connectivity index (χ0n) is 20.7. The van der Waals surface area contributed by atoms with E-state index >= 15 is 0 Å². The summed E-state index contributed by atoms with van der Waals surface area (Å²) in [7, 11) is 0. The maximum absolute atomic E-state index is 12.8. The molecule has 1 aliphatic heterocycles. The molecule has 4 rings (SSSR count). The van der Waals surface area contributed by atoms with Crippen LogP contribution in [0.1, 0.15) is 38.2 Å². The van der Waals surface area contributed by atoms with Crippen molar-refractivity contribution in [2.45, 2.75) is 52.9 Å². The van der Waals surface area contributed by atoms with E-state index in [-0.39, 0.29) is 24.8 Å². The largest absolute Gasteiger partial charge is 0.506 e. The van der Waals surface area contributed by atoms with Crippen LogP contribution in [-0.2, 0) is 35.7 Å². The SMILES string of the molecule is CCN(Cc1ncccc1O)C(=O)COc1ccc2c(c1)n(CC)c(CN)[n+]2CC1CCOCC1.